The Kier molecular flexibility index (Phi) is 4.73. The summed E-state index contributed by atoms with van der Waals surface area (Å²) < 4.78 is 0. The maximum absolute atomic E-state index is 9.07. The molecule has 1 aromatic rings. The van der Waals surface area contributed by atoms with Crippen molar-refractivity contribution in [3.63, 3.8) is 0 Å². The number of hydrogen-bond acceptors (Lipinski definition) is 4. The monoisotopic (exact) mass is 258 g/mol. The quantitative estimate of drug-likeness (QED) is 0.833. The minimum Gasteiger partial charge on any atom is -0.354 e. The zero-order valence-electron chi connectivity index (χ0n) is 11.8. The molecular formula is C15H22N4. The molecule has 19 heavy (non-hydrogen) atoms. The molecule has 0 bridgehead atoms. The molecule has 1 aliphatic heterocycles. The first kappa shape index (κ1) is 13.8. The average molecular weight is 258 g/mol. The van der Waals surface area contributed by atoms with E-state index in [9.17, 15) is 0 Å². The van der Waals surface area contributed by atoms with Gasteiger partial charge in [0, 0.05) is 25.5 Å². The van der Waals surface area contributed by atoms with Gasteiger partial charge in [-0.05, 0) is 24.7 Å². The van der Waals surface area contributed by atoms with Crippen molar-refractivity contribution in [2.75, 3.05) is 18.0 Å². The zero-order valence-corrected chi connectivity index (χ0v) is 11.8. The van der Waals surface area contributed by atoms with Gasteiger partial charge in [0.05, 0.1) is 0 Å². The van der Waals surface area contributed by atoms with Crippen molar-refractivity contribution in [3.05, 3.63) is 18.1 Å². The third kappa shape index (κ3) is 3.66. The van der Waals surface area contributed by atoms with Crippen LogP contribution >= 0.6 is 0 Å². The van der Waals surface area contributed by atoms with Gasteiger partial charge in [0.25, 0.3) is 0 Å². The summed E-state index contributed by atoms with van der Waals surface area (Å²) in [5.41, 5.74) is 0.447. The van der Waals surface area contributed by atoms with Crippen molar-refractivity contribution in [1.82, 2.24) is 9.97 Å². The van der Waals surface area contributed by atoms with E-state index in [0.29, 0.717) is 5.69 Å². The Morgan fingerprint density at radius 3 is 2.63 bits per heavy atom. The van der Waals surface area contributed by atoms with Crippen molar-refractivity contribution in [1.29, 1.82) is 5.26 Å². The molecule has 2 heterocycles. The highest BCUT2D eigenvalue weighted by Gasteiger charge is 2.22. The Bertz CT molecular complexity index is 442. The lowest BCUT2D eigenvalue weighted by atomic mass is 9.89. The maximum Gasteiger partial charge on any atom is 0.183 e. The number of nitrogens with zero attached hydrogens (tertiary/aromatic N) is 4. The van der Waals surface area contributed by atoms with Crippen LogP contribution in [-0.2, 0) is 0 Å². The summed E-state index contributed by atoms with van der Waals surface area (Å²) in [6.45, 7) is 6.56. The summed E-state index contributed by atoms with van der Waals surface area (Å²) in [5, 5.41) is 9.07. The van der Waals surface area contributed by atoms with Crippen LogP contribution in [0.15, 0.2) is 12.4 Å². The standard InChI is InChI=1S/C15H22N4/c1-12(2)3-4-13-5-9-19(10-6-13)15-14(11-16)17-7-8-18-15/h7-8,12-13H,3-6,9-10H2,1-2H3. The highest BCUT2D eigenvalue weighted by atomic mass is 15.2. The molecule has 0 unspecified atom stereocenters. The molecule has 0 radical (unpaired) electrons. The topological polar surface area (TPSA) is 52.8 Å². The third-order valence-electron chi connectivity index (χ3n) is 3.85. The molecular weight excluding hydrogens is 236 g/mol. The summed E-state index contributed by atoms with van der Waals surface area (Å²) in [4.78, 5) is 10.6. The van der Waals surface area contributed by atoms with Crippen LogP contribution in [0.1, 0.15) is 45.2 Å². The number of rotatable bonds is 4. The minimum atomic E-state index is 0.447. The van der Waals surface area contributed by atoms with Gasteiger partial charge < -0.3 is 4.90 Å². The molecule has 4 heteroatoms. The van der Waals surface area contributed by atoms with E-state index >= 15 is 0 Å². The lowest BCUT2D eigenvalue weighted by Crippen LogP contribution is -2.35. The van der Waals surface area contributed by atoms with Crippen LogP contribution < -0.4 is 4.90 Å². The number of nitriles is 1. The van der Waals surface area contributed by atoms with E-state index in [2.05, 4.69) is 34.8 Å². The molecule has 1 saturated heterocycles. The first-order chi connectivity index (χ1) is 9.20. The van der Waals surface area contributed by atoms with Crippen molar-refractivity contribution in [2.45, 2.75) is 39.5 Å². The maximum atomic E-state index is 9.07. The summed E-state index contributed by atoms with van der Waals surface area (Å²) in [6, 6.07) is 2.13. The smallest absolute Gasteiger partial charge is 0.183 e. The second-order valence-corrected chi connectivity index (χ2v) is 5.74. The Hall–Kier alpha value is -1.63. The van der Waals surface area contributed by atoms with Crippen LogP contribution in [-0.4, -0.2) is 23.1 Å². The molecule has 0 aromatic carbocycles. The van der Waals surface area contributed by atoms with Crippen molar-refractivity contribution in [3.8, 4) is 6.07 Å². The van der Waals surface area contributed by atoms with Gasteiger partial charge in [0.1, 0.15) is 6.07 Å². The average Bonchev–Trinajstić information content (AvgIpc) is 2.45. The van der Waals surface area contributed by atoms with Crippen LogP contribution in [0.25, 0.3) is 0 Å². The second-order valence-electron chi connectivity index (χ2n) is 5.74. The summed E-state index contributed by atoms with van der Waals surface area (Å²) >= 11 is 0. The molecule has 0 aliphatic carbocycles. The number of piperidine rings is 1. The molecule has 2 rings (SSSR count). The largest absolute Gasteiger partial charge is 0.354 e. The predicted molar refractivity (Wildman–Crippen MR) is 75.8 cm³/mol. The molecule has 0 saturated carbocycles. The molecule has 1 aliphatic rings. The summed E-state index contributed by atoms with van der Waals surface area (Å²) in [6.07, 6.45) is 8.30. The van der Waals surface area contributed by atoms with E-state index in [1.807, 2.05) is 0 Å². The van der Waals surface area contributed by atoms with Crippen LogP contribution in [0.3, 0.4) is 0 Å². The first-order valence-electron chi connectivity index (χ1n) is 7.16. The zero-order chi connectivity index (χ0) is 13.7. The van der Waals surface area contributed by atoms with Gasteiger partial charge in [0.15, 0.2) is 11.5 Å². The lowest BCUT2D eigenvalue weighted by molar-refractivity contribution is 0.350. The van der Waals surface area contributed by atoms with Crippen LogP contribution in [0.5, 0.6) is 0 Å². The second kappa shape index (κ2) is 6.51. The fraction of sp³-hybridized carbons (Fsp3) is 0.667. The molecule has 1 fully saturated rings. The Balaban J connectivity index is 1.91. The molecule has 0 spiro atoms. The number of anilines is 1. The van der Waals surface area contributed by atoms with E-state index in [4.69, 9.17) is 5.26 Å². The van der Waals surface area contributed by atoms with Gasteiger partial charge in [-0.2, -0.15) is 5.26 Å². The summed E-state index contributed by atoms with van der Waals surface area (Å²) in [5.74, 6) is 2.39. The van der Waals surface area contributed by atoms with E-state index in [1.54, 1.807) is 12.4 Å². The molecule has 1 aromatic heterocycles. The SMILES string of the molecule is CC(C)CCC1CCN(c2nccnc2C#N)CC1. The Labute approximate surface area is 115 Å². The van der Waals surface area contributed by atoms with Crippen molar-refractivity contribution in [2.24, 2.45) is 11.8 Å². The highest BCUT2D eigenvalue weighted by molar-refractivity contribution is 5.49. The van der Waals surface area contributed by atoms with Crippen LogP contribution in [0.4, 0.5) is 5.82 Å². The molecule has 0 N–H and O–H groups in total. The van der Waals surface area contributed by atoms with Gasteiger partial charge in [-0.15, -0.1) is 0 Å². The van der Waals surface area contributed by atoms with E-state index in [1.165, 1.54) is 25.7 Å². The van der Waals surface area contributed by atoms with E-state index in [-0.39, 0.29) is 0 Å². The third-order valence-corrected chi connectivity index (χ3v) is 3.85. The number of hydrogen-bond donors (Lipinski definition) is 0. The molecule has 0 amide bonds. The Morgan fingerprint density at radius 1 is 1.32 bits per heavy atom. The Morgan fingerprint density at radius 2 is 2.00 bits per heavy atom. The van der Waals surface area contributed by atoms with Crippen LogP contribution in [0.2, 0.25) is 0 Å². The molecule has 0 atom stereocenters. The normalized spacial score (nSPS) is 16.6. The fourth-order valence-electron chi connectivity index (χ4n) is 2.64. The predicted octanol–water partition coefficient (Wildman–Crippen LogP) is 3.00. The van der Waals surface area contributed by atoms with Gasteiger partial charge in [-0.1, -0.05) is 26.7 Å². The highest BCUT2D eigenvalue weighted by Crippen LogP contribution is 2.27. The van der Waals surface area contributed by atoms with Gasteiger partial charge in [0.2, 0.25) is 0 Å². The van der Waals surface area contributed by atoms with Crippen molar-refractivity contribution >= 4 is 5.82 Å². The van der Waals surface area contributed by atoms with Crippen LogP contribution in [0, 0.1) is 23.2 Å². The van der Waals surface area contributed by atoms with E-state index in [0.717, 1.165) is 30.7 Å². The minimum absolute atomic E-state index is 0.447. The van der Waals surface area contributed by atoms with Gasteiger partial charge in [-0.3, -0.25) is 0 Å². The van der Waals surface area contributed by atoms with Gasteiger partial charge in [-0.25, -0.2) is 9.97 Å². The summed E-state index contributed by atoms with van der Waals surface area (Å²) in [7, 11) is 0. The fourth-order valence-corrected chi connectivity index (χ4v) is 2.64. The number of aromatic nitrogens is 2. The van der Waals surface area contributed by atoms with E-state index < -0.39 is 0 Å². The van der Waals surface area contributed by atoms with Gasteiger partial charge >= 0.3 is 0 Å². The molecule has 102 valence electrons. The first-order valence-corrected chi connectivity index (χ1v) is 7.16. The lowest BCUT2D eigenvalue weighted by Gasteiger charge is -2.33. The molecule has 4 nitrogen and oxygen atoms in total. The van der Waals surface area contributed by atoms with Crippen molar-refractivity contribution < 1.29 is 0 Å².